The van der Waals surface area contributed by atoms with Gasteiger partial charge in [0.2, 0.25) is 6.79 Å². The average Bonchev–Trinajstić information content (AvgIpc) is 3.21. The minimum atomic E-state index is -0.498. The van der Waals surface area contributed by atoms with Gasteiger partial charge in [-0.05, 0) is 54.1 Å². The van der Waals surface area contributed by atoms with Gasteiger partial charge in [0.05, 0.1) is 0 Å². The van der Waals surface area contributed by atoms with Gasteiger partial charge in [-0.25, -0.2) is 4.39 Å². The van der Waals surface area contributed by atoms with Crippen molar-refractivity contribution in [2.45, 2.75) is 6.54 Å². The fourth-order valence-electron chi connectivity index (χ4n) is 2.76. The van der Waals surface area contributed by atoms with Gasteiger partial charge in [0.25, 0.3) is 11.8 Å². The standard InChI is InChI=1S/C21H16FN3O4/c22-15-2-4-16(5-3-15)25-21(27)17-10-14(7-8-23-17)20(26)24-11-13-1-6-18-19(9-13)29-12-28-18/h1-10H,11-12H2,(H,24,26)(H,25,27). The van der Waals surface area contributed by atoms with Crippen LogP contribution in [0, 0.1) is 5.82 Å². The highest BCUT2D eigenvalue weighted by atomic mass is 19.1. The number of pyridine rings is 1. The number of carbonyl (C=O) groups excluding carboxylic acids is 2. The predicted molar refractivity (Wildman–Crippen MR) is 102 cm³/mol. The number of ether oxygens (including phenoxy) is 2. The van der Waals surface area contributed by atoms with Gasteiger partial charge >= 0.3 is 0 Å². The summed E-state index contributed by atoms with van der Waals surface area (Å²) in [5.41, 5.74) is 1.65. The molecule has 0 radical (unpaired) electrons. The number of fused-ring (bicyclic) bond motifs is 1. The monoisotopic (exact) mass is 393 g/mol. The van der Waals surface area contributed by atoms with Gasteiger partial charge in [-0.3, -0.25) is 14.6 Å². The Bertz CT molecular complexity index is 1070. The topological polar surface area (TPSA) is 89.6 Å². The molecule has 2 aromatic carbocycles. The Morgan fingerprint density at radius 1 is 0.966 bits per heavy atom. The molecule has 4 rings (SSSR count). The summed E-state index contributed by atoms with van der Waals surface area (Å²) in [4.78, 5) is 28.8. The first-order chi connectivity index (χ1) is 14.1. The van der Waals surface area contributed by atoms with Crippen LogP contribution >= 0.6 is 0 Å². The molecule has 146 valence electrons. The van der Waals surface area contributed by atoms with Crippen LogP contribution in [0.2, 0.25) is 0 Å². The van der Waals surface area contributed by atoms with E-state index in [9.17, 15) is 14.0 Å². The van der Waals surface area contributed by atoms with Crippen LogP contribution in [0.5, 0.6) is 11.5 Å². The number of hydrogen-bond acceptors (Lipinski definition) is 5. The van der Waals surface area contributed by atoms with Crippen molar-refractivity contribution in [3.8, 4) is 11.5 Å². The molecular weight excluding hydrogens is 377 g/mol. The normalized spacial score (nSPS) is 11.8. The molecule has 2 N–H and O–H groups in total. The fraction of sp³-hybridized carbons (Fsp3) is 0.0952. The third-order valence-electron chi connectivity index (χ3n) is 4.25. The predicted octanol–water partition coefficient (Wildman–Crippen LogP) is 3.13. The highest BCUT2D eigenvalue weighted by molar-refractivity contribution is 6.04. The van der Waals surface area contributed by atoms with Crippen molar-refractivity contribution in [3.63, 3.8) is 0 Å². The van der Waals surface area contributed by atoms with Gasteiger partial charge in [0, 0.05) is 24.0 Å². The highest BCUT2D eigenvalue weighted by Crippen LogP contribution is 2.32. The molecular formula is C21H16FN3O4. The van der Waals surface area contributed by atoms with Gasteiger partial charge in [-0.15, -0.1) is 0 Å². The summed E-state index contributed by atoms with van der Waals surface area (Å²) in [6.45, 7) is 0.472. The van der Waals surface area contributed by atoms with Crippen molar-refractivity contribution < 1.29 is 23.5 Å². The van der Waals surface area contributed by atoms with Crippen LogP contribution in [0.1, 0.15) is 26.4 Å². The van der Waals surface area contributed by atoms with Gasteiger partial charge in [-0.2, -0.15) is 0 Å². The van der Waals surface area contributed by atoms with E-state index in [0.29, 0.717) is 22.7 Å². The number of aromatic nitrogens is 1. The molecule has 0 bridgehead atoms. The maximum atomic E-state index is 13.0. The Morgan fingerprint density at radius 3 is 2.59 bits per heavy atom. The van der Waals surface area contributed by atoms with Crippen LogP contribution < -0.4 is 20.1 Å². The molecule has 8 heteroatoms. The Hall–Kier alpha value is -3.94. The maximum Gasteiger partial charge on any atom is 0.274 e. The van der Waals surface area contributed by atoms with Crippen molar-refractivity contribution >= 4 is 17.5 Å². The number of rotatable bonds is 5. The van der Waals surface area contributed by atoms with Crippen LogP contribution in [0.3, 0.4) is 0 Å². The summed E-state index contributed by atoms with van der Waals surface area (Å²) in [5, 5.41) is 5.40. The third kappa shape index (κ3) is 4.32. The largest absolute Gasteiger partial charge is 0.454 e. The number of carbonyl (C=O) groups is 2. The molecule has 7 nitrogen and oxygen atoms in total. The maximum absolute atomic E-state index is 13.0. The second-order valence-electron chi connectivity index (χ2n) is 6.26. The zero-order chi connectivity index (χ0) is 20.2. The smallest absolute Gasteiger partial charge is 0.274 e. The Balaban J connectivity index is 1.40. The van der Waals surface area contributed by atoms with Crippen LogP contribution in [0.25, 0.3) is 0 Å². The summed E-state index contributed by atoms with van der Waals surface area (Å²) < 4.78 is 23.5. The lowest BCUT2D eigenvalue weighted by molar-refractivity contribution is 0.0950. The number of amides is 2. The Labute approximate surface area is 165 Å². The van der Waals surface area contributed by atoms with Crippen molar-refractivity contribution in [2.24, 2.45) is 0 Å². The van der Waals surface area contributed by atoms with Crippen molar-refractivity contribution in [1.82, 2.24) is 10.3 Å². The molecule has 0 saturated carbocycles. The van der Waals surface area contributed by atoms with Crippen LogP contribution in [-0.4, -0.2) is 23.6 Å². The van der Waals surface area contributed by atoms with Gasteiger partial charge in [-0.1, -0.05) is 6.07 Å². The second-order valence-corrected chi connectivity index (χ2v) is 6.26. The van der Waals surface area contributed by atoms with Crippen molar-refractivity contribution in [3.05, 3.63) is 83.4 Å². The zero-order valence-electron chi connectivity index (χ0n) is 15.1. The molecule has 0 fully saturated rings. The first kappa shape index (κ1) is 18.4. The quantitative estimate of drug-likeness (QED) is 0.695. The summed E-state index contributed by atoms with van der Waals surface area (Å²) in [6.07, 6.45) is 1.38. The van der Waals surface area contributed by atoms with E-state index in [-0.39, 0.29) is 24.9 Å². The minimum Gasteiger partial charge on any atom is -0.454 e. The molecule has 29 heavy (non-hydrogen) atoms. The second kappa shape index (κ2) is 7.97. The molecule has 1 aromatic heterocycles. The van der Waals surface area contributed by atoms with Crippen molar-refractivity contribution in [1.29, 1.82) is 0 Å². The molecule has 0 aliphatic carbocycles. The molecule has 0 saturated heterocycles. The van der Waals surface area contributed by atoms with Gasteiger partial charge < -0.3 is 20.1 Å². The van der Waals surface area contributed by atoms with E-state index >= 15 is 0 Å². The Kier molecular flexibility index (Phi) is 5.07. The Morgan fingerprint density at radius 2 is 1.76 bits per heavy atom. The van der Waals surface area contributed by atoms with E-state index in [2.05, 4.69) is 15.6 Å². The van der Waals surface area contributed by atoms with Crippen LogP contribution in [0.15, 0.2) is 60.8 Å². The number of halogens is 1. The first-order valence-corrected chi connectivity index (χ1v) is 8.78. The van der Waals surface area contributed by atoms with Crippen molar-refractivity contribution in [2.75, 3.05) is 12.1 Å². The SMILES string of the molecule is O=C(NCc1ccc2c(c1)OCO2)c1ccnc(C(=O)Nc2ccc(F)cc2)c1. The summed E-state index contributed by atoms with van der Waals surface area (Å²) in [5.74, 6) is 0.0663. The summed E-state index contributed by atoms with van der Waals surface area (Å²) >= 11 is 0. The molecule has 0 atom stereocenters. The van der Waals surface area contributed by atoms with E-state index in [1.54, 1.807) is 12.1 Å². The number of hydrogen-bond donors (Lipinski definition) is 2. The molecule has 1 aliphatic heterocycles. The summed E-state index contributed by atoms with van der Waals surface area (Å²) in [7, 11) is 0. The highest BCUT2D eigenvalue weighted by Gasteiger charge is 2.15. The molecule has 0 spiro atoms. The number of anilines is 1. The van der Waals surface area contributed by atoms with Gasteiger partial charge in [0.15, 0.2) is 11.5 Å². The number of nitrogens with one attached hydrogen (secondary N) is 2. The zero-order valence-corrected chi connectivity index (χ0v) is 15.1. The average molecular weight is 393 g/mol. The summed E-state index contributed by atoms with van der Waals surface area (Å²) in [6, 6.07) is 13.7. The van der Waals surface area contributed by atoms with Crippen LogP contribution in [-0.2, 0) is 6.54 Å². The lowest BCUT2D eigenvalue weighted by Crippen LogP contribution is -2.23. The lowest BCUT2D eigenvalue weighted by atomic mass is 10.1. The minimum absolute atomic E-state index is 0.0741. The van der Waals surface area contributed by atoms with E-state index in [0.717, 1.165) is 5.56 Å². The molecule has 3 aromatic rings. The fourth-order valence-corrected chi connectivity index (χ4v) is 2.76. The molecule has 2 heterocycles. The van der Waals surface area contributed by atoms with E-state index in [4.69, 9.17) is 9.47 Å². The molecule has 0 unspecified atom stereocenters. The first-order valence-electron chi connectivity index (χ1n) is 8.78. The van der Waals surface area contributed by atoms with E-state index in [1.807, 2.05) is 6.07 Å². The molecule has 1 aliphatic rings. The lowest BCUT2D eigenvalue weighted by Gasteiger charge is -2.08. The van der Waals surface area contributed by atoms with E-state index < -0.39 is 11.7 Å². The van der Waals surface area contributed by atoms with E-state index in [1.165, 1.54) is 42.6 Å². The molecule has 2 amide bonds. The third-order valence-corrected chi connectivity index (χ3v) is 4.25. The number of nitrogens with zero attached hydrogens (tertiary/aromatic N) is 1. The van der Waals surface area contributed by atoms with Crippen LogP contribution in [0.4, 0.5) is 10.1 Å². The van der Waals surface area contributed by atoms with Gasteiger partial charge in [0.1, 0.15) is 11.5 Å². The number of benzene rings is 2.